The molecule has 9 heteroatoms. The van der Waals surface area contributed by atoms with E-state index in [1.165, 1.54) is 0 Å². The van der Waals surface area contributed by atoms with Crippen LogP contribution in [-0.2, 0) is 28.8 Å². The van der Waals surface area contributed by atoms with Gasteiger partial charge in [-0.25, -0.2) is 9.78 Å². The lowest BCUT2D eigenvalue weighted by Crippen LogP contribution is -2.48. The van der Waals surface area contributed by atoms with Gasteiger partial charge in [0.25, 0.3) is 0 Å². The number of carbonyl (C=O) groups excluding carboxylic acids is 2. The molecule has 7 rings (SSSR count). The number of aldehydes is 1. The Morgan fingerprint density at radius 1 is 0.731 bits per heavy atom. The van der Waals surface area contributed by atoms with Crippen molar-refractivity contribution in [2.75, 3.05) is 6.61 Å². The first-order valence-corrected chi connectivity index (χ1v) is 17.5. The van der Waals surface area contributed by atoms with Crippen molar-refractivity contribution in [2.45, 2.75) is 44.3 Å². The monoisotopic (exact) mass is 686 g/mol. The van der Waals surface area contributed by atoms with Crippen LogP contribution in [0.15, 0.2) is 160 Å². The number of aryl methyl sites for hydroxylation is 1. The SMILES string of the molecule is CCCc1nc(C=O)c(C(=O)OCC)n1Cc1ccc(-c2ccccc2C2(C(c3ccccc3)(c3ccccc3)c3ccccc3)N=NN=N2)cc1. The number of benzene rings is 5. The molecule has 0 amide bonds. The zero-order valence-corrected chi connectivity index (χ0v) is 29.1. The molecule has 1 aromatic heterocycles. The number of aromatic nitrogens is 2. The third kappa shape index (κ3) is 5.84. The topological polar surface area (TPSA) is 111 Å². The van der Waals surface area contributed by atoms with Gasteiger partial charge in [0.05, 0.1) is 12.0 Å². The molecular weight excluding hydrogens is 649 g/mol. The van der Waals surface area contributed by atoms with E-state index in [0.717, 1.165) is 45.4 Å². The Morgan fingerprint density at radius 2 is 1.27 bits per heavy atom. The molecule has 6 aromatic rings. The van der Waals surface area contributed by atoms with Crippen LogP contribution in [0.4, 0.5) is 0 Å². The van der Waals surface area contributed by atoms with Gasteiger partial charge in [0.15, 0.2) is 12.0 Å². The Bertz CT molecular complexity index is 2120. The lowest BCUT2D eigenvalue weighted by atomic mass is 9.59. The molecule has 0 N–H and O–H groups in total. The van der Waals surface area contributed by atoms with Gasteiger partial charge in [0.1, 0.15) is 11.5 Å². The zero-order chi connectivity index (χ0) is 36.0. The normalized spacial score (nSPS) is 13.3. The third-order valence-electron chi connectivity index (χ3n) is 9.60. The first-order chi connectivity index (χ1) is 25.6. The maximum atomic E-state index is 13.0. The number of rotatable bonds is 13. The van der Waals surface area contributed by atoms with E-state index in [2.05, 4.69) is 76.1 Å². The summed E-state index contributed by atoms with van der Waals surface area (Å²) >= 11 is 0. The van der Waals surface area contributed by atoms with Gasteiger partial charge in [0, 0.05) is 18.5 Å². The fourth-order valence-corrected chi connectivity index (χ4v) is 7.43. The van der Waals surface area contributed by atoms with E-state index >= 15 is 0 Å². The van der Waals surface area contributed by atoms with Crippen molar-refractivity contribution < 1.29 is 14.3 Å². The van der Waals surface area contributed by atoms with E-state index in [0.29, 0.717) is 25.1 Å². The highest BCUT2D eigenvalue weighted by Crippen LogP contribution is 2.58. The highest BCUT2D eigenvalue weighted by Gasteiger charge is 2.60. The average Bonchev–Trinajstić information content (AvgIpc) is 3.83. The number of ether oxygens (including phenoxy) is 1. The van der Waals surface area contributed by atoms with E-state index in [1.807, 2.05) is 85.8 Å². The van der Waals surface area contributed by atoms with E-state index in [4.69, 9.17) is 15.0 Å². The van der Waals surface area contributed by atoms with Crippen LogP contribution in [-0.4, -0.2) is 28.4 Å². The van der Waals surface area contributed by atoms with Crippen molar-refractivity contribution in [2.24, 2.45) is 20.7 Å². The summed E-state index contributed by atoms with van der Waals surface area (Å²) in [5.41, 5.74) is 4.59. The number of hydrogen-bond donors (Lipinski definition) is 0. The molecule has 52 heavy (non-hydrogen) atoms. The number of carbonyl (C=O) groups is 2. The summed E-state index contributed by atoms with van der Waals surface area (Å²) in [7, 11) is 0. The van der Waals surface area contributed by atoms with Crippen LogP contribution in [0.3, 0.4) is 0 Å². The minimum absolute atomic E-state index is 0.0939. The summed E-state index contributed by atoms with van der Waals surface area (Å²) in [4.78, 5) is 29.5. The predicted octanol–water partition coefficient (Wildman–Crippen LogP) is 9.56. The largest absolute Gasteiger partial charge is 0.461 e. The molecule has 0 bridgehead atoms. The molecule has 9 nitrogen and oxygen atoms in total. The maximum Gasteiger partial charge on any atom is 0.357 e. The standard InChI is InChI=1S/C43H38N6O3/c1-3-16-39-44-38(30-50)40(41(51)52-4-2)49(39)29-31-25-27-32(28-26-31)36-23-14-15-24-37(36)43(45-47-48-46-43)42(33-17-8-5-9-18-33,34-19-10-6-11-20-34)35-21-12-7-13-22-35/h5-15,17-28,30H,3-4,16,29H2,1-2H3. The van der Waals surface area contributed by atoms with Gasteiger partial charge in [-0.2, -0.15) is 0 Å². The van der Waals surface area contributed by atoms with Crippen molar-refractivity contribution in [3.63, 3.8) is 0 Å². The first kappa shape index (κ1) is 34.1. The van der Waals surface area contributed by atoms with E-state index < -0.39 is 17.0 Å². The van der Waals surface area contributed by atoms with E-state index in [1.54, 1.807) is 11.5 Å². The Kier molecular flexibility index (Phi) is 9.75. The molecular formula is C43H38N6O3. The number of nitrogens with zero attached hydrogens (tertiary/aromatic N) is 6. The highest BCUT2D eigenvalue weighted by atomic mass is 16.5. The maximum absolute atomic E-state index is 13.0. The molecule has 0 aliphatic carbocycles. The molecule has 1 aliphatic rings. The minimum Gasteiger partial charge on any atom is -0.461 e. The van der Waals surface area contributed by atoms with Crippen molar-refractivity contribution in [3.05, 3.63) is 185 Å². The quantitative estimate of drug-likeness (QED) is 0.0684. The van der Waals surface area contributed by atoms with Crippen molar-refractivity contribution >= 4 is 12.3 Å². The second kappa shape index (κ2) is 14.9. The van der Waals surface area contributed by atoms with Crippen LogP contribution in [0, 0.1) is 0 Å². The number of imidazole rings is 1. The predicted molar refractivity (Wildman–Crippen MR) is 199 cm³/mol. The fraction of sp³-hybridized carbons (Fsp3) is 0.186. The molecule has 0 saturated carbocycles. The van der Waals surface area contributed by atoms with Gasteiger partial charge in [-0.15, -0.1) is 10.2 Å². The number of hydrogen-bond acceptors (Lipinski definition) is 8. The zero-order valence-electron chi connectivity index (χ0n) is 29.1. The van der Waals surface area contributed by atoms with Crippen LogP contribution in [0.2, 0.25) is 0 Å². The Hall–Kier alpha value is -6.35. The summed E-state index contributed by atoms with van der Waals surface area (Å²) in [6.07, 6.45) is 2.04. The molecule has 2 heterocycles. The van der Waals surface area contributed by atoms with E-state index in [9.17, 15) is 9.59 Å². The van der Waals surface area contributed by atoms with Gasteiger partial charge < -0.3 is 9.30 Å². The molecule has 0 fully saturated rings. The van der Waals surface area contributed by atoms with Gasteiger partial charge in [0.2, 0.25) is 5.66 Å². The van der Waals surface area contributed by atoms with Crippen LogP contribution < -0.4 is 0 Å². The fourth-order valence-electron chi connectivity index (χ4n) is 7.43. The van der Waals surface area contributed by atoms with Gasteiger partial charge in [-0.1, -0.05) is 146 Å². The summed E-state index contributed by atoms with van der Waals surface area (Å²) < 4.78 is 7.12. The second-order valence-corrected chi connectivity index (χ2v) is 12.6. The van der Waals surface area contributed by atoms with E-state index in [-0.39, 0.29) is 18.0 Å². The third-order valence-corrected chi connectivity index (χ3v) is 9.60. The molecule has 0 saturated heterocycles. The molecule has 1 aliphatic heterocycles. The van der Waals surface area contributed by atoms with Crippen molar-refractivity contribution in [3.8, 4) is 11.1 Å². The summed E-state index contributed by atoms with van der Waals surface area (Å²) in [5, 5.41) is 18.4. The van der Waals surface area contributed by atoms with Gasteiger partial charge in [-0.05, 0) is 57.2 Å². The van der Waals surface area contributed by atoms with Gasteiger partial charge >= 0.3 is 5.97 Å². The molecule has 0 unspecified atom stereocenters. The average molecular weight is 687 g/mol. The Balaban J connectivity index is 1.38. The lowest BCUT2D eigenvalue weighted by Gasteiger charge is -2.45. The van der Waals surface area contributed by atoms with Crippen LogP contribution >= 0.6 is 0 Å². The minimum atomic E-state index is -1.32. The molecule has 0 radical (unpaired) electrons. The first-order valence-electron chi connectivity index (χ1n) is 17.5. The van der Waals surface area contributed by atoms with Gasteiger partial charge in [-0.3, -0.25) is 4.79 Å². The summed E-state index contributed by atoms with van der Waals surface area (Å²) in [6, 6.07) is 47.3. The van der Waals surface area contributed by atoms with Crippen molar-refractivity contribution in [1.82, 2.24) is 9.55 Å². The molecule has 5 aromatic carbocycles. The summed E-state index contributed by atoms with van der Waals surface area (Å²) in [5.74, 6) is 0.106. The lowest BCUT2D eigenvalue weighted by molar-refractivity contribution is 0.0511. The van der Waals surface area contributed by atoms with Crippen LogP contribution in [0.1, 0.15) is 74.9 Å². The molecule has 0 atom stereocenters. The van der Waals surface area contributed by atoms with Crippen LogP contribution in [0.5, 0.6) is 0 Å². The second-order valence-electron chi connectivity index (χ2n) is 12.6. The van der Waals surface area contributed by atoms with Crippen LogP contribution in [0.25, 0.3) is 11.1 Å². The smallest absolute Gasteiger partial charge is 0.357 e. The van der Waals surface area contributed by atoms with Crippen molar-refractivity contribution in [1.29, 1.82) is 0 Å². The Labute approximate surface area is 302 Å². The summed E-state index contributed by atoms with van der Waals surface area (Å²) in [6.45, 7) is 4.32. The Morgan fingerprint density at radius 3 is 1.79 bits per heavy atom. The number of esters is 1. The highest BCUT2D eigenvalue weighted by molar-refractivity contribution is 5.96. The molecule has 0 spiro atoms. The molecule has 258 valence electrons.